The number of hydrogen-bond acceptors (Lipinski definition) is 10. The summed E-state index contributed by atoms with van der Waals surface area (Å²) < 4.78 is 22.6. The summed E-state index contributed by atoms with van der Waals surface area (Å²) in [6.07, 6.45) is 24.3. The van der Waals surface area contributed by atoms with E-state index in [-0.39, 0.29) is 68.3 Å². The first-order valence-corrected chi connectivity index (χ1v) is 23.1. The summed E-state index contributed by atoms with van der Waals surface area (Å²) in [5, 5.41) is 9.33. The van der Waals surface area contributed by atoms with E-state index in [2.05, 4.69) is 32.6 Å². The van der Waals surface area contributed by atoms with Gasteiger partial charge in [-0.1, -0.05) is 130 Å². The minimum Gasteiger partial charge on any atom is -0.466 e. The van der Waals surface area contributed by atoms with Crippen LogP contribution >= 0.6 is 0 Å². The van der Waals surface area contributed by atoms with Crippen LogP contribution in [0.25, 0.3) is 0 Å². The van der Waals surface area contributed by atoms with E-state index in [1.807, 2.05) is 0 Å². The Labute approximate surface area is 341 Å². The molecule has 56 heavy (non-hydrogen) atoms. The van der Waals surface area contributed by atoms with Gasteiger partial charge in [-0.3, -0.25) is 19.2 Å². The van der Waals surface area contributed by atoms with Crippen molar-refractivity contribution in [2.45, 2.75) is 195 Å². The molecule has 0 spiro atoms. The SMILES string of the molecule is CCCCCC(CCCCC)CCOC(=O)CCC(=O)OCC12CN(CCCCO)CC(COC(=O)CCC(=O)OCCC(CCCCC)CCCCC)(C1)C2. The molecule has 1 saturated carbocycles. The first-order valence-electron chi connectivity index (χ1n) is 23.1. The molecule has 10 heteroatoms. The Morgan fingerprint density at radius 2 is 0.857 bits per heavy atom. The summed E-state index contributed by atoms with van der Waals surface area (Å²) in [5.74, 6) is -0.335. The predicted molar refractivity (Wildman–Crippen MR) is 222 cm³/mol. The van der Waals surface area contributed by atoms with Crippen molar-refractivity contribution < 1.29 is 43.2 Å². The van der Waals surface area contributed by atoms with Gasteiger partial charge in [0, 0.05) is 30.5 Å². The Morgan fingerprint density at radius 1 is 0.500 bits per heavy atom. The average Bonchev–Trinajstić information content (AvgIpc) is 3.17. The number of fused-ring (bicyclic) bond motifs is 2. The minimum atomic E-state index is -0.398. The van der Waals surface area contributed by atoms with Crippen molar-refractivity contribution in [3.8, 4) is 0 Å². The number of ether oxygens (including phenoxy) is 4. The molecule has 2 bridgehead atoms. The summed E-state index contributed by atoms with van der Waals surface area (Å²) in [6, 6.07) is 0. The Kier molecular flexibility index (Phi) is 26.7. The lowest BCUT2D eigenvalue weighted by molar-refractivity contribution is -0.197. The lowest BCUT2D eigenvalue weighted by atomic mass is 9.50. The molecule has 3 rings (SSSR count). The van der Waals surface area contributed by atoms with Crippen molar-refractivity contribution in [3.63, 3.8) is 0 Å². The lowest BCUT2D eigenvalue weighted by Gasteiger charge is -2.63. The molecule has 0 unspecified atom stereocenters. The summed E-state index contributed by atoms with van der Waals surface area (Å²) in [6.45, 7) is 12.7. The van der Waals surface area contributed by atoms with Gasteiger partial charge in [0.05, 0.1) is 52.1 Å². The van der Waals surface area contributed by atoms with Crippen LogP contribution in [-0.2, 0) is 38.1 Å². The van der Waals surface area contributed by atoms with Gasteiger partial charge >= 0.3 is 23.9 Å². The highest BCUT2D eigenvalue weighted by Crippen LogP contribution is 2.59. The van der Waals surface area contributed by atoms with E-state index < -0.39 is 11.9 Å². The third-order valence-corrected chi connectivity index (χ3v) is 12.1. The third kappa shape index (κ3) is 21.5. The monoisotopic (exact) mass is 794 g/mol. The number of aliphatic hydroxyl groups is 1. The third-order valence-electron chi connectivity index (χ3n) is 12.1. The summed E-state index contributed by atoms with van der Waals surface area (Å²) in [4.78, 5) is 52.8. The van der Waals surface area contributed by atoms with Crippen LogP contribution in [0.15, 0.2) is 0 Å². The lowest BCUT2D eigenvalue weighted by Crippen LogP contribution is -2.66. The van der Waals surface area contributed by atoms with Gasteiger partial charge < -0.3 is 29.0 Å². The zero-order chi connectivity index (χ0) is 40.9. The number of unbranched alkanes of at least 4 members (excludes halogenated alkanes) is 9. The second-order valence-electron chi connectivity index (χ2n) is 17.5. The number of piperidine rings is 2. The van der Waals surface area contributed by atoms with Crippen LogP contribution in [0.5, 0.6) is 0 Å². The molecule has 0 radical (unpaired) electrons. The molecule has 3 aliphatic rings. The van der Waals surface area contributed by atoms with Crippen LogP contribution in [0.3, 0.4) is 0 Å². The summed E-state index contributed by atoms with van der Waals surface area (Å²) in [5.41, 5.74) is -0.474. The Balaban J connectivity index is 1.75. The fourth-order valence-corrected chi connectivity index (χ4v) is 9.11. The number of carbonyl (C=O) groups is 4. The number of carbonyl (C=O) groups excluding carboxylic acids is 4. The van der Waals surface area contributed by atoms with Crippen LogP contribution in [0, 0.1) is 22.7 Å². The van der Waals surface area contributed by atoms with Crippen LogP contribution in [0.1, 0.15) is 195 Å². The van der Waals surface area contributed by atoms with Gasteiger partial charge in [-0.05, 0) is 56.9 Å². The number of rotatable bonds is 36. The first-order chi connectivity index (χ1) is 27.1. The molecule has 10 nitrogen and oxygen atoms in total. The maximum absolute atomic E-state index is 12.8. The van der Waals surface area contributed by atoms with E-state index in [1.54, 1.807) is 0 Å². The minimum absolute atomic E-state index is 0.00472. The largest absolute Gasteiger partial charge is 0.466 e. The average molecular weight is 794 g/mol. The van der Waals surface area contributed by atoms with E-state index in [4.69, 9.17) is 18.9 Å². The van der Waals surface area contributed by atoms with Crippen molar-refractivity contribution in [1.29, 1.82) is 0 Å². The van der Waals surface area contributed by atoms with Gasteiger partial charge in [-0.15, -0.1) is 0 Å². The molecule has 0 amide bonds. The fraction of sp³-hybridized carbons (Fsp3) is 0.913. The normalized spacial score (nSPS) is 19.2. The molecule has 326 valence electrons. The van der Waals surface area contributed by atoms with E-state index >= 15 is 0 Å². The van der Waals surface area contributed by atoms with Crippen molar-refractivity contribution in [1.82, 2.24) is 4.90 Å². The molecular weight excluding hydrogens is 711 g/mol. The molecule has 0 aromatic carbocycles. The zero-order valence-corrected chi connectivity index (χ0v) is 36.4. The maximum atomic E-state index is 12.8. The molecule has 0 aromatic rings. The summed E-state index contributed by atoms with van der Waals surface area (Å²) >= 11 is 0. The number of hydrogen-bond donors (Lipinski definition) is 1. The highest BCUT2D eigenvalue weighted by Gasteiger charge is 2.60. The standard InChI is InChI=1S/C46H83NO9/c1-5-9-13-19-39(20-14-10-6-2)27-31-53-41(49)23-25-43(51)55-37-45-33-46(34-45,36-47(35-45)29-17-18-30-48)38-56-44(52)26-24-42(50)54-32-28-40(21-15-11-7-3)22-16-12-8-4/h39-40,48H,5-38H2,1-4H3. The van der Waals surface area contributed by atoms with Crippen molar-refractivity contribution >= 4 is 23.9 Å². The van der Waals surface area contributed by atoms with Crippen molar-refractivity contribution in [3.05, 3.63) is 0 Å². The molecule has 2 aliphatic heterocycles. The number of nitrogens with zero attached hydrogens (tertiary/aromatic N) is 1. The predicted octanol–water partition coefficient (Wildman–Crippen LogP) is 9.91. The molecular formula is C46H83NO9. The topological polar surface area (TPSA) is 129 Å². The maximum Gasteiger partial charge on any atom is 0.306 e. The van der Waals surface area contributed by atoms with Gasteiger partial charge in [0.25, 0.3) is 0 Å². The van der Waals surface area contributed by atoms with Gasteiger partial charge in [0.15, 0.2) is 0 Å². The highest BCUT2D eigenvalue weighted by molar-refractivity contribution is 5.78. The fourth-order valence-electron chi connectivity index (χ4n) is 9.11. The van der Waals surface area contributed by atoms with Crippen LogP contribution in [0.2, 0.25) is 0 Å². The van der Waals surface area contributed by atoms with Gasteiger partial charge in [-0.25, -0.2) is 0 Å². The molecule has 1 aliphatic carbocycles. The van der Waals surface area contributed by atoms with E-state index in [0.29, 0.717) is 31.5 Å². The van der Waals surface area contributed by atoms with E-state index in [0.717, 1.165) is 51.7 Å². The van der Waals surface area contributed by atoms with Crippen molar-refractivity contribution in [2.75, 3.05) is 52.7 Å². The van der Waals surface area contributed by atoms with Crippen LogP contribution in [0.4, 0.5) is 0 Å². The van der Waals surface area contributed by atoms with Crippen LogP contribution in [-0.4, -0.2) is 86.6 Å². The van der Waals surface area contributed by atoms with Gasteiger partial charge in [0.1, 0.15) is 0 Å². The van der Waals surface area contributed by atoms with E-state index in [1.165, 1.54) is 103 Å². The quantitative estimate of drug-likeness (QED) is 0.0372. The summed E-state index contributed by atoms with van der Waals surface area (Å²) in [7, 11) is 0. The Bertz CT molecular complexity index is 979. The Morgan fingerprint density at radius 3 is 1.20 bits per heavy atom. The molecule has 0 atom stereocenters. The Hall–Kier alpha value is -2.20. The first kappa shape index (κ1) is 49.9. The molecule has 0 aromatic heterocycles. The molecule has 2 heterocycles. The second kappa shape index (κ2) is 29.9. The van der Waals surface area contributed by atoms with Gasteiger partial charge in [-0.2, -0.15) is 0 Å². The van der Waals surface area contributed by atoms with Crippen LogP contribution < -0.4 is 0 Å². The van der Waals surface area contributed by atoms with Crippen molar-refractivity contribution in [2.24, 2.45) is 22.7 Å². The molecule has 1 N–H and O–H groups in total. The number of aliphatic hydroxyl groups excluding tert-OH is 1. The number of esters is 4. The molecule has 3 fully saturated rings. The highest BCUT2D eigenvalue weighted by atomic mass is 16.5. The molecule has 2 saturated heterocycles. The van der Waals surface area contributed by atoms with E-state index in [9.17, 15) is 24.3 Å². The van der Waals surface area contributed by atoms with Gasteiger partial charge in [0.2, 0.25) is 0 Å². The second-order valence-corrected chi connectivity index (χ2v) is 17.5. The smallest absolute Gasteiger partial charge is 0.306 e. The zero-order valence-electron chi connectivity index (χ0n) is 36.4.